The zero-order chi connectivity index (χ0) is 8.77. The van der Waals surface area contributed by atoms with Gasteiger partial charge in [0.1, 0.15) is 5.78 Å². The molecule has 0 aromatic heterocycles. The van der Waals surface area contributed by atoms with E-state index in [1.807, 2.05) is 12.3 Å². The van der Waals surface area contributed by atoms with Crippen LogP contribution in [-0.2, 0) is 4.79 Å². The molecule has 0 spiro atoms. The van der Waals surface area contributed by atoms with Crippen molar-refractivity contribution in [2.24, 2.45) is 11.8 Å². The summed E-state index contributed by atoms with van der Waals surface area (Å²) in [5.74, 6) is 0.545. The third-order valence-corrected chi connectivity index (χ3v) is 4.53. The largest absolute Gasteiger partial charge is 0.395 e. The first-order valence-electron chi connectivity index (χ1n) is 4.11. The summed E-state index contributed by atoms with van der Waals surface area (Å²) in [7, 11) is 0. The van der Waals surface area contributed by atoms with Crippen LogP contribution in [0.5, 0.6) is 0 Å². The van der Waals surface area contributed by atoms with Gasteiger partial charge in [-0.2, -0.15) is 11.8 Å². The van der Waals surface area contributed by atoms with Crippen molar-refractivity contribution in [3.8, 4) is 0 Å². The Morgan fingerprint density at radius 2 is 2.50 bits per heavy atom. The van der Waals surface area contributed by atoms with Gasteiger partial charge in [-0.15, -0.1) is 0 Å². The van der Waals surface area contributed by atoms with Gasteiger partial charge in [-0.25, -0.2) is 0 Å². The molecule has 0 aliphatic heterocycles. The number of hydrogen-bond acceptors (Lipinski definition) is 3. The van der Waals surface area contributed by atoms with E-state index in [1.165, 1.54) is 0 Å². The van der Waals surface area contributed by atoms with Crippen LogP contribution < -0.4 is 0 Å². The van der Waals surface area contributed by atoms with Crippen molar-refractivity contribution in [1.29, 1.82) is 0 Å². The predicted octanol–water partition coefficient (Wildman–Crippen LogP) is 0.855. The Bertz CT molecular complexity index is 243. The van der Waals surface area contributed by atoms with Crippen molar-refractivity contribution >= 4 is 17.5 Å². The van der Waals surface area contributed by atoms with Crippen molar-refractivity contribution in [2.45, 2.75) is 11.2 Å². The molecule has 0 aromatic rings. The summed E-state index contributed by atoms with van der Waals surface area (Å²) in [6.45, 7) is 0.113. The number of rotatable bonds is 2. The van der Waals surface area contributed by atoms with Gasteiger partial charge >= 0.3 is 0 Å². The van der Waals surface area contributed by atoms with Gasteiger partial charge in [0.05, 0.1) is 17.3 Å². The summed E-state index contributed by atoms with van der Waals surface area (Å²) in [4.78, 5) is 11.4. The standard InChI is InChI=1S/C9H12O2S/c1-12-9(5-10)6-2-3-7(9)8(11)4-6/h2-3,6-7,10H,4-5H2,1H3/t6-,7-,9+/m0/s1. The molecule has 66 valence electrons. The van der Waals surface area contributed by atoms with E-state index in [-0.39, 0.29) is 23.2 Å². The molecule has 2 aliphatic carbocycles. The van der Waals surface area contributed by atoms with Gasteiger partial charge < -0.3 is 5.11 Å². The number of allylic oxidation sites excluding steroid dienone is 2. The molecule has 12 heavy (non-hydrogen) atoms. The number of aliphatic hydroxyl groups excluding tert-OH is 1. The van der Waals surface area contributed by atoms with Gasteiger partial charge in [0, 0.05) is 12.3 Å². The molecule has 2 aliphatic rings. The van der Waals surface area contributed by atoms with Gasteiger partial charge in [0.2, 0.25) is 0 Å². The molecule has 1 fully saturated rings. The lowest BCUT2D eigenvalue weighted by molar-refractivity contribution is -0.120. The quantitative estimate of drug-likeness (QED) is 0.647. The predicted molar refractivity (Wildman–Crippen MR) is 49.1 cm³/mol. The maximum atomic E-state index is 11.4. The van der Waals surface area contributed by atoms with Crippen LogP contribution in [0.1, 0.15) is 6.42 Å². The second kappa shape index (κ2) is 2.60. The molecular weight excluding hydrogens is 172 g/mol. The minimum Gasteiger partial charge on any atom is -0.395 e. The van der Waals surface area contributed by atoms with Crippen molar-refractivity contribution in [2.75, 3.05) is 12.9 Å². The molecule has 2 rings (SSSR count). The highest BCUT2D eigenvalue weighted by molar-refractivity contribution is 8.00. The number of aliphatic hydroxyl groups is 1. The summed E-state index contributed by atoms with van der Waals surface area (Å²) in [5, 5.41) is 9.30. The van der Waals surface area contributed by atoms with Crippen LogP contribution in [0.25, 0.3) is 0 Å². The van der Waals surface area contributed by atoms with E-state index in [2.05, 4.69) is 6.08 Å². The summed E-state index contributed by atoms with van der Waals surface area (Å²) in [6, 6.07) is 0. The van der Waals surface area contributed by atoms with E-state index >= 15 is 0 Å². The number of hydrogen-bond donors (Lipinski definition) is 1. The Morgan fingerprint density at radius 3 is 2.75 bits per heavy atom. The normalized spacial score (nSPS) is 44.3. The summed E-state index contributed by atoms with van der Waals surface area (Å²) in [5.41, 5.74) is 0. The first-order valence-corrected chi connectivity index (χ1v) is 5.34. The van der Waals surface area contributed by atoms with Gasteiger partial charge in [-0.1, -0.05) is 12.2 Å². The van der Waals surface area contributed by atoms with Crippen LogP contribution in [-0.4, -0.2) is 28.5 Å². The SMILES string of the molecule is CS[C@]1(CO)[C@H]2C=C[C@H]1C(=O)C2. The second-order valence-electron chi connectivity index (χ2n) is 3.46. The molecule has 3 atom stereocenters. The Labute approximate surface area is 76.0 Å². The molecule has 0 aromatic carbocycles. The van der Waals surface area contributed by atoms with Crippen molar-refractivity contribution in [3.63, 3.8) is 0 Å². The average molecular weight is 184 g/mol. The lowest BCUT2D eigenvalue weighted by atomic mass is 9.96. The molecule has 2 nitrogen and oxygen atoms in total. The molecule has 0 heterocycles. The van der Waals surface area contributed by atoms with E-state index in [0.29, 0.717) is 12.2 Å². The van der Waals surface area contributed by atoms with Crippen LogP contribution in [0.2, 0.25) is 0 Å². The van der Waals surface area contributed by atoms with Crippen LogP contribution >= 0.6 is 11.8 Å². The highest BCUT2D eigenvalue weighted by atomic mass is 32.2. The Morgan fingerprint density at radius 1 is 1.75 bits per heavy atom. The number of carbonyl (C=O) groups is 1. The molecule has 0 amide bonds. The summed E-state index contributed by atoms with van der Waals surface area (Å²) in [6.07, 6.45) is 6.65. The zero-order valence-corrected chi connectivity index (χ0v) is 7.80. The molecule has 0 saturated heterocycles. The third-order valence-electron chi connectivity index (χ3n) is 3.09. The van der Waals surface area contributed by atoms with Crippen LogP contribution in [0.3, 0.4) is 0 Å². The second-order valence-corrected chi connectivity index (χ2v) is 4.63. The Balaban J connectivity index is 2.36. The minimum absolute atomic E-state index is 0.0255. The topological polar surface area (TPSA) is 37.3 Å². The number of ketones is 1. The average Bonchev–Trinajstić information content (AvgIpc) is 2.56. The molecule has 1 N–H and O–H groups in total. The fourth-order valence-electron chi connectivity index (χ4n) is 2.32. The summed E-state index contributed by atoms with van der Waals surface area (Å²) >= 11 is 1.63. The monoisotopic (exact) mass is 184 g/mol. The van der Waals surface area contributed by atoms with Crippen LogP contribution in [0.15, 0.2) is 12.2 Å². The lowest BCUT2D eigenvalue weighted by Crippen LogP contribution is -2.36. The molecule has 3 heteroatoms. The number of fused-ring (bicyclic) bond motifs is 2. The first-order chi connectivity index (χ1) is 5.74. The first kappa shape index (κ1) is 8.32. The maximum absolute atomic E-state index is 11.4. The molecule has 0 unspecified atom stereocenters. The van der Waals surface area contributed by atoms with Crippen molar-refractivity contribution in [3.05, 3.63) is 12.2 Å². The van der Waals surface area contributed by atoms with E-state index in [9.17, 15) is 9.90 Å². The molecule has 1 saturated carbocycles. The van der Waals surface area contributed by atoms with E-state index < -0.39 is 0 Å². The lowest BCUT2D eigenvalue weighted by Gasteiger charge is -2.29. The van der Waals surface area contributed by atoms with Crippen LogP contribution in [0, 0.1) is 11.8 Å². The van der Waals surface area contributed by atoms with E-state index in [1.54, 1.807) is 11.8 Å². The molecule has 0 radical (unpaired) electrons. The third kappa shape index (κ3) is 0.783. The number of thioether (sulfide) groups is 1. The number of carbonyl (C=O) groups excluding carboxylic acids is 1. The van der Waals surface area contributed by atoms with Gasteiger partial charge in [0.25, 0.3) is 0 Å². The number of Topliss-reactive ketones (excluding diaryl/α,β-unsaturated/α-hetero) is 1. The Kier molecular flexibility index (Phi) is 1.81. The smallest absolute Gasteiger partial charge is 0.141 e. The fraction of sp³-hybridized carbons (Fsp3) is 0.667. The zero-order valence-electron chi connectivity index (χ0n) is 6.99. The van der Waals surface area contributed by atoms with E-state index in [0.717, 1.165) is 0 Å². The van der Waals surface area contributed by atoms with Gasteiger partial charge in [0.15, 0.2) is 0 Å². The summed E-state index contributed by atoms with van der Waals surface area (Å²) < 4.78 is -0.211. The Hall–Kier alpha value is -0.280. The highest BCUT2D eigenvalue weighted by Crippen LogP contribution is 2.52. The molecule has 2 bridgehead atoms. The fourth-order valence-corrected chi connectivity index (χ4v) is 3.38. The minimum atomic E-state index is -0.211. The van der Waals surface area contributed by atoms with Gasteiger partial charge in [-0.3, -0.25) is 4.79 Å². The van der Waals surface area contributed by atoms with Gasteiger partial charge in [-0.05, 0) is 6.26 Å². The van der Waals surface area contributed by atoms with Crippen LogP contribution in [0.4, 0.5) is 0 Å². The van der Waals surface area contributed by atoms with Crippen molar-refractivity contribution in [1.82, 2.24) is 0 Å². The van der Waals surface area contributed by atoms with E-state index in [4.69, 9.17) is 0 Å². The highest BCUT2D eigenvalue weighted by Gasteiger charge is 2.55. The van der Waals surface area contributed by atoms with Crippen molar-refractivity contribution < 1.29 is 9.90 Å². The molecular formula is C9H12O2S. The maximum Gasteiger partial charge on any atom is 0.141 e.